The van der Waals surface area contributed by atoms with Crippen LogP contribution >= 0.6 is 11.3 Å². The molecule has 21 heavy (non-hydrogen) atoms. The Morgan fingerprint density at radius 2 is 2.14 bits per heavy atom. The van der Waals surface area contributed by atoms with Crippen LogP contribution in [0.5, 0.6) is 0 Å². The van der Waals surface area contributed by atoms with Crippen molar-refractivity contribution in [2.75, 3.05) is 0 Å². The van der Waals surface area contributed by atoms with Gasteiger partial charge in [-0.15, -0.1) is 11.3 Å². The molecule has 0 aliphatic carbocycles. The van der Waals surface area contributed by atoms with E-state index in [4.69, 9.17) is 5.11 Å². The third kappa shape index (κ3) is 3.12. The predicted molar refractivity (Wildman–Crippen MR) is 75.8 cm³/mol. The van der Waals surface area contributed by atoms with Gasteiger partial charge in [0.15, 0.2) is 5.69 Å². The van der Waals surface area contributed by atoms with E-state index in [0.29, 0.717) is 15.6 Å². The number of thiazole rings is 1. The topological polar surface area (TPSA) is 114 Å². The van der Waals surface area contributed by atoms with Gasteiger partial charge in [0.1, 0.15) is 9.90 Å². The second kappa shape index (κ2) is 5.54. The Bertz CT molecular complexity index is 791. The average molecular weight is 330 g/mol. The molecule has 0 bridgehead atoms. The van der Waals surface area contributed by atoms with Crippen molar-refractivity contribution in [3.8, 4) is 0 Å². The number of hydrogen-bond acceptors (Lipinski definition) is 6. The van der Waals surface area contributed by atoms with Crippen molar-refractivity contribution in [1.29, 1.82) is 0 Å². The van der Waals surface area contributed by atoms with Crippen molar-refractivity contribution in [3.05, 3.63) is 27.5 Å². The van der Waals surface area contributed by atoms with Crippen molar-refractivity contribution < 1.29 is 18.3 Å². The summed E-state index contributed by atoms with van der Waals surface area (Å²) in [4.78, 5) is 15.4. The molecule has 2 heterocycles. The predicted octanol–water partition coefficient (Wildman–Crippen LogP) is 0.670. The number of rotatable bonds is 5. The van der Waals surface area contributed by atoms with E-state index in [1.54, 1.807) is 20.9 Å². The lowest BCUT2D eigenvalue weighted by Crippen LogP contribution is -2.23. The first-order chi connectivity index (χ1) is 9.72. The molecule has 114 valence electrons. The zero-order chi connectivity index (χ0) is 15.8. The van der Waals surface area contributed by atoms with Crippen LogP contribution in [0.4, 0.5) is 0 Å². The molecule has 2 N–H and O–H groups in total. The average Bonchev–Trinajstić information content (AvgIpc) is 2.92. The Morgan fingerprint density at radius 3 is 2.62 bits per heavy atom. The van der Waals surface area contributed by atoms with Gasteiger partial charge >= 0.3 is 5.97 Å². The van der Waals surface area contributed by atoms with Crippen LogP contribution in [0.3, 0.4) is 0 Å². The summed E-state index contributed by atoms with van der Waals surface area (Å²) in [5.41, 5.74) is 0.468. The van der Waals surface area contributed by atoms with Gasteiger partial charge in [-0.2, -0.15) is 5.10 Å². The minimum absolute atomic E-state index is 0.0493. The van der Waals surface area contributed by atoms with E-state index in [-0.39, 0.29) is 17.1 Å². The van der Waals surface area contributed by atoms with Crippen LogP contribution in [0.25, 0.3) is 0 Å². The molecular weight excluding hydrogens is 316 g/mol. The van der Waals surface area contributed by atoms with Crippen molar-refractivity contribution >= 4 is 27.3 Å². The second-order valence-electron chi connectivity index (χ2n) is 4.36. The monoisotopic (exact) mass is 330 g/mol. The fourth-order valence-corrected chi connectivity index (χ4v) is 3.85. The number of hydrogen-bond donors (Lipinski definition) is 2. The van der Waals surface area contributed by atoms with E-state index < -0.39 is 16.0 Å². The molecule has 0 aliphatic heterocycles. The van der Waals surface area contributed by atoms with Crippen LogP contribution in [0.15, 0.2) is 11.1 Å². The molecule has 0 unspecified atom stereocenters. The molecule has 0 radical (unpaired) electrons. The van der Waals surface area contributed by atoms with Gasteiger partial charge < -0.3 is 5.11 Å². The number of aromatic carboxylic acids is 1. The minimum Gasteiger partial charge on any atom is -0.476 e. The molecule has 0 aliphatic rings. The number of carboxylic acid groups (broad SMARTS) is 1. The highest BCUT2D eigenvalue weighted by Crippen LogP contribution is 2.19. The van der Waals surface area contributed by atoms with Gasteiger partial charge in [0.25, 0.3) is 0 Å². The molecule has 0 saturated heterocycles. The highest BCUT2D eigenvalue weighted by molar-refractivity contribution is 7.89. The molecule has 10 heteroatoms. The van der Waals surface area contributed by atoms with E-state index in [2.05, 4.69) is 14.8 Å². The Balaban J connectivity index is 2.17. The highest BCUT2D eigenvalue weighted by Gasteiger charge is 2.21. The lowest BCUT2D eigenvalue weighted by molar-refractivity contribution is 0.0690. The van der Waals surface area contributed by atoms with Gasteiger partial charge in [-0.1, -0.05) is 0 Å². The molecule has 0 atom stereocenters. The SMILES string of the molecule is Cc1sc(CNS(=O)(=O)c2cnn(C)c2C)nc1C(=O)O. The molecule has 0 saturated carbocycles. The first-order valence-electron chi connectivity index (χ1n) is 5.90. The van der Waals surface area contributed by atoms with Crippen LogP contribution in [-0.2, 0) is 23.6 Å². The number of aryl methyl sites for hydroxylation is 2. The Labute approximate surface area is 125 Å². The van der Waals surface area contributed by atoms with Gasteiger partial charge in [-0.05, 0) is 13.8 Å². The summed E-state index contributed by atoms with van der Waals surface area (Å²) in [5.74, 6) is -1.12. The van der Waals surface area contributed by atoms with E-state index in [0.717, 1.165) is 11.3 Å². The largest absolute Gasteiger partial charge is 0.476 e. The lowest BCUT2D eigenvalue weighted by Gasteiger charge is -2.04. The molecule has 2 rings (SSSR count). The Hall–Kier alpha value is -1.78. The molecule has 2 aromatic rings. The van der Waals surface area contributed by atoms with Crippen LogP contribution in [0.1, 0.15) is 26.1 Å². The van der Waals surface area contributed by atoms with Gasteiger partial charge in [-0.3, -0.25) is 4.68 Å². The molecule has 0 amide bonds. The van der Waals surface area contributed by atoms with Crippen LogP contribution < -0.4 is 4.72 Å². The molecule has 8 nitrogen and oxygen atoms in total. The Kier molecular flexibility index (Phi) is 4.12. The van der Waals surface area contributed by atoms with Crippen molar-refractivity contribution in [2.24, 2.45) is 7.05 Å². The summed E-state index contributed by atoms with van der Waals surface area (Å²) >= 11 is 1.15. The fourth-order valence-electron chi connectivity index (χ4n) is 1.70. The third-order valence-electron chi connectivity index (χ3n) is 2.94. The normalized spacial score (nSPS) is 11.8. The first kappa shape index (κ1) is 15.6. The first-order valence-corrected chi connectivity index (χ1v) is 8.20. The van der Waals surface area contributed by atoms with E-state index >= 15 is 0 Å². The molecule has 0 spiro atoms. The maximum absolute atomic E-state index is 12.2. The zero-order valence-corrected chi connectivity index (χ0v) is 13.2. The minimum atomic E-state index is -3.71. The maximum Gasteiger partial charge on any atom is 0.355 e. The van der Waals surface area contributed by atoms with Crippen molar-refractivity contribution in [1.82, 2.24) is 19.5 Å². The molecule has 0 aromatic carbocycles. The van der Waals surface area contributed by atoms with E-state index in [9.17, 15) is 13.2 Å². The second-order valence-corrected chi connectivity index (χ2v) is 7.38. The summed E-state index contributed by atoms with van der Waals surface area (Å²) in [6, 6.07) is 0. The number of carbonyl (C=O) groups is 1. The van der Waals surface area contributed by atoms with Gasteiger partial charge in [0.2, 0.25) is 10.0 Å². The van der Waals surface area contributed by atoms with Crippen molar-refractivity contribution in [3.63, 3.8) is 0 Å². The van der Waals surface area contributed by atoms with E-state index in [1.165, 1.54) is 10.9 Å². The summed E-state index contributed by atoms with van der Waals surface area (Å²) in [6.45, 7) is 3.22. The zero-order valence-electron chi connectivity index (χ0n) is 11.6. The number of nitrogens with zero attached hydrogens (tertiary/aromatic N) is 3. The standard InChI is InChI=1S/C11H14N4O4S2/c1-6-8(4-12-15(6)3)21(18,19)13-5-9-14-10(11(16)17)7(2)20-9/h4,13H,5H2,1-3H3,(H,16,17). The van der Waals surface area contributed by atoms with Crippen LogP contribution in [-0.4, -0.2) is 34.3 Å². The number of sulfonamides is 1. The van der Waals surface area contributed by atoms with Gasteiger partial charge in [-0.25, -0.2) is 22.9 Å². The number of aromatic nitrogens is 3. The lowest BCUT2D eigenvalue weighted by atomic mass is 10.4. The molecule has 0 fully saturated rings. The van der Waals surface area contributed by atoms with Gasteiger partial charge in [0, 0.05) is 11.9 Å². The van der Waals surface area contributed by atoms with E-state index in [1.807, 2.05) is 0 Å². The number of carboxylic acids is 1. The van der Waals surface area contributed by atoms with Gasteiger partial charge in [0.05, 0.1) is 18.4 Å². The summed E-state index contributed by atoms with van der Waals surface area (Å²) in [6.07, 6.45) is 1.27. The summed E-state index contributed by atoms with van der Waals surface area (Å²) < 4.78 is 28.2. The number of nitrogens with one attached hydrogen (secondary N) is 1. The maximum atomic E-state index is 12.2. The summed E-state index contributed by atoms with van der Waals surface area (Å²) in [7, 11) is -2.06. The van der Waals surface area contributed by atoms with Crippen LogP contribution in [0, 0.1) is 13.8 Å². The van der Waals surface area contributed by atoms with Crippen molar-refractivity contribution in [2.45, 2.75) is 25.3 Å². The molecular formula is C11H14N4O4S2. The fraction of sp³-hybridized carbons (Fsp3) is 0.364. The highest BCUT2D eigenvalue weighted by atomic mass is 32.2. The molecule has 2 aromatic heterocycles. The summed E-state index contributed by atoms with van der Waals surface area (Å²) in [5, 5.41) is 13.2. The smallest absolute Gasteiger partial charge is 0.355 e. The quantitative estimate of drug-likeness (QED) is 0.833. The third-order valence-corrected chi connectivity index (χ3v) is 5.41. The van der Waals surface area contributed by atoms with Crippen LogP contribution in [0.2, 0.25) is 0 Å². The Morgan fingerprint density at radius 1 is 1.48 bits per heavy atom.